The molecule has 4 N–H and O–H groups in total. The Morgan fingerprint density at radius 3 is 2.86 bits per heavy atom. The van der Waals surface area contributed by atoms with Crippen LogP contribution in [0.4, 0.5) is 0 Å². The lowest BCUT2D eigenvalue weighted by Crippen LogP contribution is -2.20. The third-order valence-corrected chi connectivity index (χ3v) is 1.60. The molecule has 7 heteroatoms. The zero-order valence-corrected chi connectivity index (χ0v) is 7.31. The van der Waals surface area contributed by atoms with Gasteiger partial charge in [-0.2, -0.15) is 5.10 Å². The minimum atomic E-state index is -1.20. The molecule has 0 fully saturated rings. The predicted octanol–water partition coefficient (Wildman–Crippen LogP) is -0.849. The zero-order valence-electron chi connectivity index (χ0n) is 7.31. The van der Waals surface area contributed by atoms with Crippen molar-refractivity contribution in [2.45, 2.75) is 6.92 Å². The van der Waals surface area contributed by atoms with Crippen LogP contribution in [-0.4, -0.2) is 26.8 Å². The fourth-order valence-corrected chi connectivity index (χ4v) is 0.906. The number of aromatic nitrogens is 2. The summed E-state index contributed by atoms with van der Waals surface area (Å²) in [5.74, 6) is 3.77. The molecule has 0 aliphatic rings. The minimum Gasteiger partial charge on any atom is -0.478 e. The Bertz CT molecular complexity index is 448. The van der Waals surface area contributed by atoms with Crippen LogP contribution in [0.2, 0.25) is 0 Å². The van der Waals surface area contributed by atoms with Gasteiger partial charge in [0.1, 0.15) is 5.56 Å². The SMILES string of the molecule is C/C(=N\N)c1[nH]c(=O)ncc1C(=O)O. The van der Waals surface area contributed by atoms with Gasteiger partial charge in [0.2, 0.25) is 0 Å². The van der Waals surface area contributed by atoms with Gasteiger partial charge in [0.05, 0.1) is 11.4 Å². The van der Waals surface area contributed by atoms with Gasteiger partial charge in [-0.25, -0.2) is 14.6 Å². The third-order valence-electron chi connectivity index (χ3n) is 1.60. The lowest BCUT2D eigenvalue weighted by Gasteiger charge is -2.02. The average Bonchev–Trinajstić information content (AvgIpc) is 2.16. The zero-order chi connectivity index (χ0) is 10.7. The molecule has 0 saturated heterocycles. The van der Waals surface area contributed by atoms with Crippen LogP contribution < -0.4 is 11.5 Å². The van der Waals surface area contributed by atoms with Crippen LogP contribution in [0.3, 0.4) is 0 Å². The number of hydrogen-bond donors (Lipinski definition) is 3. The summed E-state index contributed by atoms with van der Waals surface area (Å²) in [6.45, 7) is 1.48. The molecule has 0 aromatic carbocycles. The standard InChI is InChI=1S/C7H8N4O3/c1-3(11-8)5-4(6(12)13)2-9-7(14)10-5/h2H,8H2,1H3,(H,12,13)(H,9,10,14)/b11-3+. The smallest absolute Gasteiger partial charge is 0.345 e. The number of hydrogen-bond acceptors (Lipinski definition) is 5. The highest BCUT2D eigenvalue weighted by atomic mass is 16.4. The molecule has 7 nitrogen and oxygen atoms in total. The Balaban J connectivity index is 3.45. The predicted molar refractivity (Wildman–Crippen MR) is 48.2 cm³/mol. The van der Waals surface area contributed by atoms with Gasteiger partial charge in [-0.1, -0.05) is 0 Å². The van der Waals surface area contributed by atoms with E-state index in [0.29, 0.717) is 0 Å². The Hall–Kier alpha value is -2.18. The fourth-order valence-electron chi connectivity index (χ4n) is 0.906. The van der Waals surface area contributed by atoms with E-state index in [1.165, 1.54) is 6.92 Å². The van der Waals surface area contributed by atoms with Crippen molar-refractivity contribution >= 4 is 11.7 Å². The first kappa shape index (κ1) is 9.90. The van der Waals surface area contributed by atoms with Crippen molar-refractivity contribution in [3.05, 3.63) is 27.9 Å². The topological polar surface area (TPSA) is 121 Å². The summed E-state index contributed by atoms with van der Waals surface area (Å²) >= 11 is 0. The van der Waals surface area contributed by atoms with E-state index in [4.69, 9.17) is 10.9 Å². The van der Waals surface area contributed by atoms with E-state index in [1.807, 2.05) is 0 Å². The second-order valence-corrected chi connectivity index (χ2v) is 2.50. The Morgan fingerprint density at radius 2 is 2.36 bits per heavy atom. The highest BCUT2D eigenvalue weighted by molar-refractivity contribution is 6.05. The number of H-pyrrole nitrogens is 1. The number of aromatic carboxylic acids is 1. The van der Waals surface area contributed by atoms with Crippen LogP contribution in [0, 0.1) is 0 Å². The summed E-state index contributed by atoms with van der Waals surface area (Å²) in [5.41, 5.74) is -0.494. The first-order chi connectivity index (χ1) is 6.56. The van der Waals surface area contributed by atoms with Crippen LogP contribution in [0.15, 0.2) is 16.1 Å². The van der Waals surface area contributed by atoms with Crippen molar-refractivity contribution in [3.63, 3.8) is 0 Å². The van der Waals surface area contributed by atoms with Crippen LogP contribution in [0.1, 0.15) is 23.0 Å². The molecule has 1 aromatic rings. The molecule has 0 spiro atoms. The maximum atomic E-state index is 10.8. The van der Waals surface area contributed by atoms with Gasteiger partial charge in [-0.3, -0.25) is 0 Å². The van der Waals surface area contributed by atoms with Gasteiger partial charge in [0.25, 0.3) is 0 Å². The molecule has 0 saturated carbocycles. The normalized spacial score (nSPS) is 11.4. The van der Waals surface area contributed by atoms with Crippen molar-refractivity contribution in [1.82, 2.24) is 9.97 Å². The van der Waals surface area contributed by atoms with Crippen LogP contribution in [0.5, 0.6) is 0 Å². The molecular weight excluding hydrogens is 188 g/mol. The summed E-state index contributed by atoms with van der Waals surface area (Å²) in [4.78, 5) is 27.1. The van der Waals surface area contributed by atoms with E-state index in [2.05, 4.69) is 15.1 Å². The van der Waals surface area contributed by atoms with Gasteiger partial charge >= 0.3 is 11.7 Å². The molecular formula is C7H8N4O3. The molecule has 1 rings (SSSR count). The second kappa shape index (κ2) is 3.69. The Labute approximate surface area is 78.3 Å². The van der Waals surface area contributed by atoms with Crippen molar-refractivity contribution in [2.75, 3.05) is 0 Å². The first-order valence-electron chi connectivity index (χ1n) is 3.63. The summed E-state index contributed by atoms with van der Waals surface area (Å²) in [6.07, 6.45) is 0.963. The van der Waals surface area contributed by atoms with Crippen LogP contribution in [0.25, 0.3) is 0 Å². The van der Waals surface area contributed by atoms with Gasteiger partial charge in [0.15, 0.2) is 0 Å². The quantitative estimate of drug-likeness (QED) is 0.323. The monoisotopic (exact) mass is 196 g/mol. The second-order valence-electron chi connectivity index (χ2n) is 2.50. The molecule has 0 atom stereocenters. The number of nitrogens with one attached hydrogen (secondary N) is 1. The summed E-state index contributed by atoms with van der Waals surface area (Å²) < 4.78 is 0. The van der Waals surface area contributed by atoms with E-state index < -0.39 is 11.7 Å². The average molecular weight is 196 g/mol. The summed E-state index contributed by atoms with van der Waals surface area (Å²) in [6, 6.07) is 0. The van der Waals surface area contributed by atoms with E-state index in [-0.39, 0.29) is 17.0 Å². The molecule has 0 aliphatic carbocycles. The molecule has 74 valence electrons. The number of carbonyl (C=O) groups is 1. The van der Waals surface area contributed by atoms with E-state index in [1.54, 1.807) is 0 Å². The van der Waals surface area contributed by atoms with Crippen molar-refractivity contribution in [3.8, 4) is 0 Å². The van der Waals surface area contributed by atoms with Crippen LogP contribution in [-0.2, 0) is 0 Å². The number of hydrazone groups is 1. The molecule has 0 amide bonds. The van der Waals surface area contributed by atoms with Gasteiger partial charge in [-0.05, 0) is 6.92 Å². The summed E-state index contributed by atoms with van der Waals surface area (Å²) in [7, 11) is 0. The van der Waals surface area contributed by atoms with Crippen molar-refractivity contribution in [1.29, 1.82) is 0 Å². The number of rotatable bonds is 2. The minimum absolute atomic E-state index is 0.0694. The van der Waals surface area contributed by atoms with Crippen molar-refractivity contribution < 1.29 is 9.90 Å². The maximum Gasteiger partial charge on any atom is 0.345 e. The number of carboxylic acid groups (broad SMARTS) is 1. The molecule has 0 unspecified atom stereocenters. The number of aromatic amines is 1. The lowest BCUT2D eigenvalue weighted by molar-refractivity contribution is 0.0695. The molecule has 0 bridgehead atoms. The summed E-state index contributed by atoms with van der Waals surface area (Å²) in [5, 5.41) is 12.0. The first-order valence-corrected chi connectivity index (χ1v) is 3.63. The molecule has 14 heavy (non-hydrogen) atoms. The molecule has 1 aromatic heterocycles. The number of nitrogens with two attached hydrogens (primary N) is 1. The third kappa shape index (κ3) is 1.76. The van der Waals surface area contributed by atoms with E-state index in [9.17, 15) is 9.59 Å². The maximum absolute atomic E-state index is 10.8. The van der Waals surface area contributed by atoms with E-state index >= 15 is 0 Å². The lowest BCUT2D eigenvalue weighted by atomic mass is 10.2. The van der Waals surface area contributed by atoms with Crippen molar-refractivity contribution in [2.24, 2.45) is 10.9 Å². The van der Waals surface area contributed by atoms with Gasteiger partial charge in [0, 0.05) is 6.20 Å². The Morgan fingerprint density at radius 1 is 1.71 bits per heavy atom. The van der Waals surface area contributed by atoms with Gasteiger partial charge < -0.3 is 15.9 Å². The number of carboxylic acids is 1. The molecule has 0 aliphatic heterocycles. The number of nitrogens with zero attached hydrogens (tertiary/aromatic N) is 2. The Kier molecular flexibility index (Phi) is 2.61. The highest BCUT2D eigenvalue weighted by Crippen LogP contribution is 2.02. The molecule has 1 heterocycles. The molecule has 0 radical (unpaired) electrons. The van der Waals surface area contributed by atoms with Crippen LogP contribution >= 0.6 is 0 Å². The van der Waals surface area contributed by atoms with Gasteiger partial charge in [-0.15, -0.1) is 0 Å². The largest absolute Gasteiger partial charge is 0.478 e. The fraction of sp³-hybridized carbons (Fsp3) is 0.143. The highest BCUT2D eigenvalue weighted by Gasteiger charge is 2.13. The van der Waals surface area contributed by atoms with E-state index in [0.717, 1.165) is 6.20 Å².